The number of anilines is 4. The van der Waals surface area contributed by atoms with E-state index in [0.717, 1.165) is 51.4 Å². The van der Waals surface area contributed by atoms with E-state index < -0.39 is 0 Å². The Hall–Kier alpha value is -6.38. The van der Waals surface area contributed by atoms with Crippen molar-refractivity contribution < 1.29 is 0 Å². The SMILES string of the molecule is CC1=CC(C)(c2ccc(Nc3ccc(-c4ccc(Nc5ccc(-c6ccccc6)cc5)c(-c5ccccc5)c4)cc3-c3ccccc3)cc2)CC=C1. The Morgan fingerprint density at radius 1 is 0.442 bits per heavy atom. The van der Waals surface area contributed by atoms with Gasteiger partial charge in [0.15, 0.2) is 0 Å². The molecular weight excluding hydrogens is 629 g/mol. The third-order valence-corrected chi connectivity index (χ3v) is 10.1. The Morgan fingerprint density at radius 3 is 1.35 bits per heavy atom. The van der Waals surface area contributed by atoms with Crippen molar-refractivity contribution in [1.82, 2.24) is 0 Å². The smallest absolute Gasteiger partial charge is 0.0464 e. The number of benzene rings is 7. The first kappa shape index (κ1) is 32.8. The zero-order valence-electron chi connectivity index (χ0n) is 29.7. The average Bonchev–Trinajstić information content (AvgIpc) is 3.20. The molecule has 8 rings (SSSR count). The minimum Gasteiger partial charge on any atom is -0.355 e. The van der Waals surface area contributed by atoms with Gasteiger partial charge in [-0.15, -0.1) is 0 Å². The monoisotopic (exact) mass is 670 g/mol. The molecule has 252 valence electrons. The van der Waals surface area contributed by atoms with Gasteiger partial charge in [0.05, 0.1) is 0 Å². The van der Waals surface area contributed by atoms with Crippen LogP contribution in [0.25, 0.3) is 44.5 Å². The van der Waals surface area contributed by atoms with Crippen molar-refractivity contribution in [3.63, 3.8) is 0 Å². The van der Waals surface area contributed by atoms with Gasteiger partial charge in [-0.05, 0) is 101 Å². The Kier molecular flexibility index (Phi) is 9.12. The highest BCUT2D eigenvalue weighted by Gasteiger charge is 2.24. The molecule has 0 heterocycles. The van der Waals surface area contributed by atoms with Gasteiger partial charge in [0.2, 0.25) is 0 Å². The maximum Gasteiger partial charge on any atom is 0.0464 e. The van der Waals surface area contributed by atoms with Gasteiger partial charge in [-0.25, -0.2) is 0 Å². The van der Waals surface area contributed by atoms with Gasteiger partial charge in [0.1, 0.15) is 0 Å². The van der Waals surface area contributed by atoms with E-state index >= 15 is 0 Å². The lowest BCUT2D eigenvalue weighted by atomic mass is 9.76. The summed E-state index contributed by atoms with van der Waals surface area (Å²) in [5.74, 6) is 0. The molecular formula is C50H42N2. The van der Waals surface area contributed by atoms with Crippen molar-refractivity contribution in [2.24, 2.45) is 0 Å². The molecule has 7 aromatic rings. The summed E-state index contributed by atoms with van der Waals surface area (Å²) >= 11 is 0. The van der Waals surface area contributed by atoms with Crippen molar-refractivity contribution in [2.45, 2.75) is 25.7 Å². The second kappa shape index (κ2) is 14.5. The van der Waals surface area contributed by atoms with Gasteiger partial charge in [-0.3, -0.25) is 0 Å². The minimum absolute atomic E-state index is 0.0187. The predicted octanol–water partition coefficient (Wildman–Crippen LogP) is 14.0. The molecule has 2 heteroatoms. The van der Waals surface area contributed by atoms with E-state index in [1.54, 1.807) is 0 Å². The molecule has 0 saturated carbocycles. The number of hydrogen-bond donors (Lipinski definition) is 2. The van der Waals surface area contributed by atoms with Crippen molar-refractivity contribution >= 4 is 22.7 Å². The second-order valence-corrected chi connectivity index (χ2v) is 13.9. The van der Waals surface area contributed by atoms with Crippen LogP contribution in [0.1, 0.15) is 25.8 Å². The summed E-state index contributed by atoms with van der Waals surface area (Å²) in [5.41, 5.74) is 16.3. The summed E-state index contributed by atoms with van der Waals surface area (Å²) in [6, 6.07) is 62.9. The molecule has 1 atom stereocenters. The molecule has 0 fully saturated rings. The first-order valence-corrected chi connectivity index (χ1v) is 18.1. The van der Waals surface area contributed by atoms with Gasteiger partial charge >= 0.3 is 0 Å². The largest absolute Gasteiger partial charge is 0.355 e. The third-order valence-electron chi connectivity index (χ3n) is 10.1. The van der Waals surface area contributed by atoms with Crippen molar-refractivity contribution in [2.75, 3.05) is 10.6 Å². The van der Waals surface area contributed by atoms with Gasteiger partial charge in [-0.2, -0.15) is 0 Å². The summed E-state index contributed by atoms with van der Waals surface area (Å²) in [4.78, 5) is 0. The maximum atomic E-state index is 3.75. The van der Waals surface area contributed by atoms with Crippen LogP contribution in [0, 0.1) is 0 Å². The van der Waals surface area contributed by atoms with Crippen LogP contribution in [0.15, 0.2) is 200 Å². The van der Waals surface area contributed by atoms with Gasteiger partial charge in [-0.1, -0.05) is 158 Å². The summed E-state index contributed by atoms with van der Waals surface area (Å²) in [5, 5.41) is 7.46. The number of nitrogens with one attached hydrogen (secondary N) is 2. The zero-order valence-corrected chi connectivity index (χ0v) is 29.7. The third kappa shape index (κ3) is 7.10. The number of rotatable bonds is 9. The summed E-state index contributed by atoms with van der Waals surface area (Å²) < 4.78 is 0. The molecule has 2 N–H and O–H groups in total. The van der Waals surface area contributed by atoms with Crippen LogP contribution in [0.3, 0.4) is 0 Å². The lowest BCUT2D eigenvalue weighted by Gasteiger charge is -2.29. The lowest BCUT2D eigenvalue weighted by molar-refractivity contribution is 0.595. The molecule has 1 aliphatic rings. The molecule has 0 aromatic heterocycles. The van der Waals surface area contributed by atoms with Crippen LogP contribution in [0.4, 0.5) is 22.7 Å². The Bertz CT molecular complexity index is 2360. The molecule has 7 aromatic carbocycles. The predicted molar refractivity (Wildman–Crippen MR) is 223 cm³/mol. The zero-order chi connectivity index (χ0) is 35.3. The van der Waals surface area contributed by atoms with Gasteiger partial charge in [0.25, 0.3) is 0 Å². The minimum atomic E-state index is 0.0187. The van der Waals surface area contributed by atoms with E-state index in [2.05, 4.69) is 219 Å². The quantitative estimate of drug-likeness (QED) is 0.160. The van der Waals surface area contributed by atoms with Gasteiger partial charge < -0.3 is 10.6 Å². The van der Waals surface area contributed by atoms with Crippen molar-refractivity contribution in [3.05, 3.63) is 205 Å². The first-order valence-electron chi connectivity index (χ1n) is 18.1. The van der Waals surface area contributed by atoms with Crippen LogP contribution in [-0.2, 0) is 5.41 Å². The highest BCUT2D eigenvalue weighted by Crippen LogP contribution is 2.40. The summed E-state index contributed by atoms with van der Waals surface area (Å²) in [6.45, 7) is 4.50. The number of allylic oxidation sites excluding steroid dienone is 4. The summed E-state index contributed by atoms with van der Waals surface area (Å²) in [7, 11) is 0. The van der Waals surface area contributed by atoms with Crippen LogP contribution in [-0.4, -0.2) is 0 Å². The van der Waals surface area contributed by atoms with E-state index in [9.17, 15) is 0 Å². The molecule has 0 spiro atoms. The first-order chi connectivity index (χ1) is 25.5. The Labute approximate surface area is 307 Å². The average molecular weight is 671 g/mol. The standard InChI is InChI=1S/C50H42N2/c1-36-13-12-32-50(2,35-36)43-24-28-45(29-25-43)52-49-31-23-42(34-47(49)40-18-10-5-11-19-40)41-22-30-48(46(33-41)39-16-8-4-9-17-39)51-44-26-20-38(21-27-44)37-14-6-3-7-15-37/h3-31,33-35,51-52H,32H2,1-2H3. The fraction of sp³-hybridized carbons (Fsp3) is 0.0800. The number of hydrogen-bond acceptors (Lipinski definition) is 2. The van der Waals surface area contributed by atoms with E-state index in [0.29, 0.717) is 0 Å². The topological polar surface area (TPSA) is 24.1 Å². The fourth-order valence-electron chi connectivity index (χ4n) is 7.30. The van der Waals surface area contributed by atoms with E-state index in [1.807, 2.05) is 0 Å². The second-order valence-electron chi connectivity index (χ2n) is 13.9. The van der Waals surface area contributed by atoms with Crippen LogP contribution in [0.5, 0.6) is 0 Å². The summed E-state index contributed by atoms with van der Waals surface area (Å²) in [6.07, 6.45) is 7.90. The van der Waals surface area contributed by atoms with Crippen molar-refractivity contribution in [1.29, 1.82) is 0 Å². The van der Waals surface area contributed by atoms with Gasteiger partial charge in [0, 0.05) is 39.3 Å². The van der Waals surface area contributed by atoms with E-state index in [1.165, 1.54) is 33.4 Å². The molecule has 0 amide bonds. The van der Waals surface area contributed by atoms with Crippen LogP contribution < -0.4 is 10.6 Å². The maximum absolute atomic E-state index is 3.75. The molecule has 52 heavy (non-hydrogen) atoms. The molecule has 0 bridgehead atoms. The molecule has 2 nitrogen and oxygen atoms in total. The Balaban J connectivity index is 1.11. The molecule has 0 saturated heterocycles. The lowest BCUT2D eigenvalue weighted by Crippen LogP contribution is -2.20. The normalized spacial score (nSPS) is 15.2. The van der Waals surface area contributed by atoms with Crippen molar-refractivity contribution in [3.8, 4) is 44.5 Å². The van der Waals surface area contributed by atoms with E-state index in [-0.39, 0.29) is 5.41 Å². The fourth-order valence-corrected chi connectivity index (χ4v) is 7.30. The molecule has 0 aliphatic heterocycles. The highest BCUT2D eigenvalue weighted by atomic mass is 14.9. The molecule has 1 aliphatic carbocycles. The highest BCUT2D eigenvalue weighted by molar-refractivity contribution is 5.89. The molecule has 1 unspecified atom stereocenters. The molecule has 0 radical (unpaired) electrons. The van der Waals surface area contributed by atoms with Crippen LogP contribution in [0.2, 0.25) is 0 Å². The Morgan fingerprint density at radius 2 is 0.865 bits per heavy atom. The van der Waals surface area contributed by atoms with E-state index in [4.69, 9.17) is 0 Å². The van der Waals surface area contributed by atoms with Crippen LogP contribution >= 0.6 is 0 Å².